The maximum atomic E-state index is 14.7. The van der Waals surface area contributed by atoms with Crippen molar-refractivity contribution >= 4 is 40.9 Å². The van der Waals surface area contributed by atoms with Crippen LogP contribution < -0.4 is 0 Å². The van der Waals surface area contributed by atoms with E-state index in [4.69, 9.17) is 27.9 Å². The normalized spacial score (nSPS) is 27.5. The van der Waals surface area contributed by atoms with E-state index in [1.165, 1.54) is 6.07 Å². The summed E-state index contributed by atoms with van der Waals surface area (Å²) in [5.41, 5.74) is -2.14. The second-order valence-corrected chi connectivity index (χ2v) is 13.7. The minimum atomic E-state index is -4.94. The van der Waals surface area contributed by atoms with Crippen LogP contribution in [0.1, 0.15) is 92.3 Å². The lowest BCUT2D eigenvalue weighted by atomic mass is 9.78. The molecule has 0 spiro atoms. The predicted octanol–water partition coefficient (Wildman–Crippen LogP) is 7.65. The van der Waals surface area contributed by atoms with E-state index in [0.29, 0.717) is 19.3 Å². The number of carbonyl (C=O) groups is 3. The van der Waals surface area contributed by atoms with Crippen LogP contribution in [-0.4, -0.2) is 51.5 Å². The van der Waals surface area contributed by atoms with Crippen molar-refractivity contribution in [3.05, 3.63) is 51.0 Å². The Morgan fingerprint density at radius 2 is 1.77 bits per heavy atom. The molecule has 0 bridgehead atoms. The first-order valence-corrected chi connectivity index (χ1v) is 15.6. The van der Waals surface area contributed by atoms with Crippen LogP contribution >= 0.6 is 23.2 Å². The molecule has 1 unspecified atom stereocenters. The number of hydrogen-bond donors (Lipinski definition) is 0. The number of rotatable bonds is 8. The number of Topliss-reactive ketones (excluding diaryl/α,β-unsaturated/α-hetero) is 1. The van der Waals surface area contributed by atoms with E-state index < -0.39 is 64.5 Å². The van der Waals surface area contributed by atoms with E-state index in [1.807, 2.05) is 0 Å². The number of alkyl halides is 3. The van der Waals surface area contributed by atoms with Crippen LogP contribution in [0, 0.1) is 34.9 Å². The van der Waals surface area contributed by atoms with Crippen LogP contribution in [-0.2, 0) is 15.7 Å². The van der Waals surface area contributed by atoms with E-state index in [9.17, 15) is 31.9 Å². The Morgan fingerprint density at radius 1 is 1.11 bits per heavy atom. The summed E-state index contributed by atoms with van der Waals surface area (Å²) in [6.07, 6.45) is -2.19. The van der Waals surface area contributed by atoms with Crippen molar-refractivity contribution in [1.29, 1.82) is 0 Å². The first-order valence-electron chi connectivity index (χ1n) is 14.9. The molecule has 7 nitrogen and oxygen atoms in total. The molecule has 1 aromatic heterocycles. The number of hydrogen-bond acceptors (Lipinski definition) is 5. The van der Waals surface area contributed by atoms with Crippen molar-refractivity contribution in [2.24, 2.45) is 29.1 Å². The van der Waals surface area contributed by atoms with E-state index >= 15 is 0 Å². The quantitative estimate of drug-likeness (QED) is 0.126. The molecular weight excluding hydrogens is 625 g/mol. The van der Waals surface area contributed by atoms with Gasteiger partial charge < -0.3 is 9.64 Å². The molecule has 0 radical (unpaired) electrons. The zero-order valence-electron chi connectivity index (χ0n) is 24.9. The van der Waals surface area contributed by atoms with Crippen molar-refractivity contribution in [1.82, 2.24) is 14.7 Å². The Kier molecular flexibility index (Phi) is 8.87. The number of ether oxygens (including phenoxy) is 1. The van der Waals surface area contributed by atoms with Gasteiger partial charge in [0.2, 0.25) is 0 Å². The van der Waals surface area contributed by atoms with E-state index in [2.05, 4.69) is 18.9 Å². The lowest BCUT2D eigenvalue weighted by Gasteiger charge is -2.34. The fourth-order valence-corrected chi connectivity index (χ4v) is 8.12. The Morgan fingerprint density at radius 3 is 2.36 bits per heavy atom. The van der Waals surface area contributed by atoms with E-state index in [1.54, 1.807) is 13.8 Å². The van der Waals surface area contributed by atoms with Crippen LogP contribution in [0.5, 0.6) is 0 Å². The summed E-state index contributed by atoms with van der Waals surface area (Å²) in [6, 6.07) is 0.958. The summed E-state index contributed by atoms with van der Waals surface area (Å²) < 4.78 is 64.3. The van der Waals surface area contributed by atoms with Crippen LogP contribution in [0.15, 0.2) is 18.3 Å². The van der Waals surface area contributed by atoms with Crippen molar-refractivity contribution in [3.8, 4) is 0 Å². The van der Waals surface area contributed by atoms with Gasteiger partial charge in [-0.1, -0.05) is 44.0 Å². The van der Waals surface area contributed by atoms with Crippen LogP contribution in [0.25, 0.3) is 0 Å². The number of ketones is 1. The molecule has 0 N–H and O–H groups in total. The minimum Gasteiger partial charge on any atom is -0.466 e. The minimum absolute atomic E-state index is 0.0471. The molecule has 0 saturated heterocycles. The molecule has 13 heteroatoms. The first kappa shape index (κ1) is 32.7. The smallest absolute Gasteiger partial charge is 0.433 e. The number of halogens is 6. The third kappa shape index (κ3) is 5.86. The molecule has 0 aliphatic heterocycles. The van der Waals surface area contributed by atoms with Crippen LogP contribution in [0.4, 0.5) is 17.6 Å². The SMILES string of the molecule is CCOC(=O)[C@H]1CC[C@H](n2ncc(C(=O)N(CC(=O)c3c(Cl)ccc(F)c3Cl)C3C[C@@H]4[C@H](C3)C4(C)C)c2C(F)(F)F)C[C@H]1C. The highest BCUT2D eigenvalue weighted by Gasteiger charge is 2.63. The highest BCUT2D eigenvalue weighted by Crippen LogP contribution is 2.67. The average Bonchev–Trinajstić information content (AvgIpc) is 3.37. The molecule has 1 amide bonds. The summed E-state index contributed by atoms with van der Waals surface area (Å²) in [5.74, 6) is -3.19. The third-order valence-corrected chi connectivity index (χ3v) is 10.7. The van der Waals surface area contributed by atoms with Gasteiger partial charge in [0.15, 0.2) is 11.5 Å². The Hall–Kier alpha value is -2.66. The Labute approximate surface area is 263 Å². The number of esters is 1. The second-order valence-electron chi connectivity index (χ2n) is 12.9. The van der Waals surface area contributed by atoms with Crippen molar-refractivity contribution in [2.45, 2.75) is 78.1 Å². The Bertz CT molecular complexity index is 1460. The number of amides is 1. The van der Waals surface area contributed by atoms with Gasteiger partial charge in [-0.2, -0.15) is 18.3 Å². The van der Waals surface area contributed by atoms with Crippen molar-refractivity contribution in [3.63, 3.8) is 0 Å². The highest BCUT2D eigenvalue weighted by molar-refractivity contribution is 6.40. The molecule has 1 aromatic carbocycles. The zero-order chi connectivity index (χ0) is 32.3. The van der Waals surface area contributed by atoms with Gasteiger partial charge in [0.1, 0.15) is 5.82 Å². The lowest BCUT2D eigenvalue weighted by Crippen LogP contribution is -2.44. The molecule has 6 atom stereocenters. The monoisotopic (exact) mass is 659 g/mol. The molecular formula is C31H35Cl2F4N3O4. The average molecular weight is 661 g/mol. The molecule has 3 saturated carbocycles. The fraction of sp³-hybridized carbons (Fsp3) is 0.613. The van der Waals surface area contributed by atoms with Gasteiger partial charge in [-0.25, -0.2) is 4.39 Å². The van der Waals surface area contributed by atoms with Crippen molar-refractivity contribution < 1.29 is 36.7 Å². The maximum Gasteiger partial charge on any atom is 0.433 e. The van der Waals surface area contributed by atoms with Gasteiger partial charge in [-0.15, -0.1) is 0 Å². The molecule has 1 heterocycles. The summed E-state index contributed by atoms with van der Waals surface area (Å²) >= 11 is 12.2. The third-order valence-electron chi connectivity index (χ3n) is 10.0. The summed E-state index contributed by atoms with van der Waals surface area (Å²) in [4.78, 5) is 41.0. The first-order chi connectivity index (χ1) is 20.6. The van der Waals surface area contributed by atoms with Gasteiger partial charge in [-0.3, -0.25) is 19.1 Å². The molecule has 240 valence electrons. The largest absolute Gasteiger partial charge is 0.466 e. The van der Waals surface area contributed by atoms with Gasteiger partial charge in [0, 0.05) is 6.04 Å². The molecule has 3 aliphatic rings. The number of fused-ring (bicyclic) bond motifs is 1. The van der Waals surface area contributed by atoms with Crippen LogP contribution in [0.2, 0.25) is 10.0 Å². The number of nitrogens with zero attached hydrogens (tertiary/aromatic N) is 3. The second kappa shape index (κ2) is 11.9. The fourth-order valence-electron chi connectivity index (χ4n) is 7.54. The number of aromatic nitrogens is 2. The Balaban J connectivity index is 1.47. The maximum absolute atomic E-state index is 14.7. The standard InChI is InChI=1S/C31H35Cl2F4N3O4/c1-5-44-29(43)18-7-6-16(10-15(18)2)40-27(31(35,36)37)19(13-38-40)28(42)39(17-11-20-21(12-17)30(20,3)4)14-24(41)25-22(32)8-9-23(34)26(25)33/h8-9,13,15-18,20-21H,5-7,10-12,14H2,1-4H3/t15-,16+,17?,18+,20-,21+/m1/s1. The molecule has 3 aliphatic carbocycles. The lowest BCUT2D eigenvalue weighted by molar-refractivity contribution is -0.153. The molecule has 44 heavy (non-hydrogen) atoms. The summed E-state index contributed by atoms with van der Waals surface area (Å²) in [7, 11) is 0. The van der Waals surface area contributed by atoms with E-state index in [-0.39, 0.29) is 59.2 Å². The summed E-state index contributed by atoms with van der Waals surface area (Å²) in [6.45, 7) is 7.28. The molecule has 2 aromatic rings. The van der Waals surface area contributed by atoms with E-state index in [0.717, 1.165) is 21.8 Å². The highest BCUT2D eigenvalue weighted by atomic mass is 35.5. The van der Waals surface area contributed by atoms with Gasteiger partial charge in [0.25, 0.3) is 5.91 Å². The van der Waals surface area contributed by atoms with Gasteiger partial charge in [0.05, 0.1) is 52.5 Å². The van der Waals surface area contributed by atoms with Gasteiger partial charge >= 0.3 is 12.1 Å². The van der Waals surface area contributed by atoms with Gasteiger partial charge in [-0.05, 0) is 74.3 Å². The predicted molar refractivity (Wildman–Crippen MR) is 155 cm³/mol. The zero-order valence-corrected chi connectivity index (χ0v) is 26.4. The summed E-state index contributed by atoms with van der Waals surface area (Å²) in [5, 5.41) is 3.42. The number of benzene rings is 1. The van der Waals surface area contributed by atoms with Crippen LogP contribution in [0.3, 0.4) is 0 Å². The molecule has 3 fully saturated rings. The number of carbonyl (C=O) groups excluding carboxylic acids is 3. The topological polar surface area (TPSA) is 81.5 Å². The van der Waals surface area contributed by atoms with Crippen molar-refractivity contribution in [2.75, 3.05) is 13.2 Å². The molecule has 5 rings (SSSR count).